The summed E-state index contributed by atoms with van der Waals surface area (Å²) in [5.74, 6) is 3.82. The van der Waals surface area contributed by atoms with E-state index in [1.54, 1.807) is 44.1 Å². The van der Waals surface area contributed by atoms with Gasteiger partial charge in [0.25, 0.3) is 0 Å². The first kappa shape index (κ1) is 35.3. The van der Waals surface area contributed by atoms with E-state index in [9.17, 15) is 0 Å². The molecular formula is C50H56Zr. The van der Waals surface area contributed by atoms with Crippen molar-refractivity contribution in [3.05, 3.63) is 124 Å². The molecule has 7 aliphatic carbocycles. The molecule has 0 spiro atoms. The summed E-state index contributed by atoms with van der Waals surface area (Å²) in [6, 6.07) is 22.4. The number of allylic oxidation sites excluding steroid dienone is 8. The molecule has 0 amide bonds. The van der Waals surface area contributed by atoms with E-state index in [1.807, 2.05) is 6.07 Å². The van der Waals surface area contributed by atoms with Crippen LogP contribution in [0, 0.1) is 35.2 Å². The molecule has 0 nitrogen and oxygen atoms in total. The average molecular weight is 748 g/mol. The summed E-state index contributed by atoms with van der Waals surface area (Å²) in [5.41, 5.74) is 14.0. The van der Waals surface area contributed by atoms with Crippen LogP contribution in [0.15, 0.2) is 90.0 Å². The van der Waals surface area contributed by atoms with Crippen LogP contribution in [0.3, 0.4) is 0 Å². The molecule has 0 N–H and O–H groups in total. The SMILES string of the molecule is CC1=CC(C)(C)c2cc3[cH-]c4cc5c(cc4c3cc21)C(C)=CC5(C)C.CC1=[C-]C(C)C=C1CC12CC3CC(CC(C3)C1)C2.[Zr+2]=[CH]c1ccccc1. The molecule has 0 aliphatic heterocycles. The van der Waals surface area contributed by atoms with Crippen molar-refractivity contribution in [2.24, 2.45) is 29.1 Å². The van der Waals surface area contributed by atoms with E-state index in [1.165, 1.54) is 96.7 Å². The maximum atomic E-state index is 3.57. The van der Waals surface area contributed by atoms with Gasteiger partial charge in [-0.3, -0.25) is 6.08 Å². The summed E-state index contributed by atoms with van der Waals surface area (Å²) in [6.07, 6.45) is 21.6. The molecule has 4 saturated carbocycles. The van der Waals surface area contributed by atoms with E-state index in [0.29, 0.717) is 11.3 Å². The molecule has 0 radical (unpaired) electrons. The fourth-order valence-corrected chi connectivity index (χ4v) is 12.2. The predicted molar refractivity (Wildman–Crippen MR) is 217 cm³/mol. The van der Waals surface area contributed by atoms with E-state index in [-0.39, 0.29) is 10.8 Å². The quantitative estimate of drug-likeness (QED) is 0.183. The summed E-state index contributed by atoms with van der Waals surface area (Å²) >= 11 is 1.46. The van der Waals surface area contributed by atoms with E-state index in [2.05, 4.69) is 138 Å². The van der Waals surface area contributed by atoms with Crippen molar-refractivity contribution < 1.29 is 24.2 Å². The molecule has 4 aromatic carbocycles. The molecule has 4 aromatic rings. The van der Waals surface area contributed by atoms with Gasteiger partial charge in [-0.15, -0.1) is 39.7 Å². The van der Waals surface area contributed by atoms with Crippen LogP contribution in [-0.4, -0.2) is 3.71 Å². The normalized spacial score (nSPS) is 28.6. The Hall–Kier alpha value is -2.76. The second-order valence-corrected chi connectivity index (χ2v) is 19.3. The number of hydrogen-bond donors (Lipinski definition) is 0. The Morgan fingerprint density at radius 3 is 1.65 bits per heavy atom. The van der Waals surface area contributed by atoms with E-state index < -0.39 is 0 Å². The van der Waals surface area contributed by atoms with Crippen LogP contribution in [-0.2, 0) is 35.1 Å². The summed E-state index contributed by atoms with van der Waals surface area (Å²) < 4.78 is 2.17. The first-order valence-corrected chi connectivity index (χ1v) is 21.1. The average Bonchev–Trinajstić information content (AvgIpc) is 3.72. The maximum absolute atomic E-state index is 3.57. The monoisotopic (exact) mass is 746 g/mol. The molecule has 260 valence electrons. The van der Waals surface area contributed by atoms with Crippen LogP contribution in [0.4, 0.5) is 0 Å². The topological polar surface area (TPSA) is 0 Å². The standard InChI is InChI=1S/C25H25.C18H25.C7H6.Zr/c1-14-12-24(3,4)22-8-16-7-17-9-23-19(15(2)13-25(23,5)6)11-21(17)20(16)10-18(14)22;1-12-3-13(2)17(4-12)11-18-8-14-5-15(9-18)7-16(6-14)10-18;1-7-5-3-2-4-6-7;/h7-13H,1-6H3;4,12,14-16H,5-11H2,1-2H3;1-6H;/q2*-1;;+2. The number of benzene rings is 3. The predicted octanol–water partition coefficient (Wildman–Crippen LogP) is 13.4. The molecule has 1 heteroatoms. The molecular weight excluding hydrogens is 692 g/mol. The molecule has 4 fully saturated rings. The van der Waals surface area contributed by atoms with Crippen molar-refractivity contribution in [3.63, 3.8) is 0 Å². The third kappa shape index (κ3) is 6.58. The van der Waals surface area contributed by atoms with Gasteiger partial charge in [0.2, 0.25) is 0 Å². The van der Waals surface area contributed by atoms with Crippen LogP contribution in [0.25, 0.3) is 32.7 Å². The van der Waals surface area contributed by atoms with E-state index in [0.717, 1.165) is 17.8 Å². The number of rotatable bonds is 3. The summed E-state index contributed by atoms with van der Waals surface area (Å²) in [6.45, 7) is 18.3. The fourth-order valence-electron chi connectivity index (χ4n) is 11.8. The third-order valence-electron chi connectivity index (χ3n) is 13.4. The second kappa shape index (κ2) is 13.0. The molecule has 7 aliphatic rings. The first-order valence-electron chi connectivity index (χ1n) is 19.7. The first-order chi connectivity index (χ1) is 24.2. The van der Waals surface area contributed by atoms with Crippen molar-refractivity contribution in [1.29, 1.82) is 0 Å². The third-order valence-corrected chi connectivity index (χ3v) is 14.3. The van der Waals surface area contributed by atoms with Crippen LogP contribution in [0.1, 0.15) is 128 Å². The Morgan fingerprint density at radius 2 is 1.24 bits per heavy atom. The zero-order chi connectivity index (χ0) is 35.9. The molecule has 11 rings (SSSR count). The van der Waals surface area contributed by atoms with Gasteiger partial charge in [0.05, 0.1) is 0 Å². The molecule has 0 saturated heterocycles. The van der Waals surface area contributed by atoms with Gasteiger partial charge in [-0.05, 0) is 97.8 Å². The van der Waals surface area contributed by atoms with Crippen molar-refractivity contribution >= 4 is 36.4 Å². The zero-order valence-electron chi connectivity index (χ0n) is 32.3. The van der Waals surface area contributed by atoms with Crippen molar-refractivity contribution in [2.45, 2.75) is 111 Å². The van der Waals surface area contributed by atoms with Gasteiger partial charge >= 0.3 is 63.8 Å². The Balaban J connectivity index is 0.000000125. The summed E-state index contributed by atoms with van der Waals surface area (Å²) in [4.78, 5) is 0. The Labute approximate surface area is 322 Å². The Morgan fingerprint density at radius 1 is 0.745 bits per heavy atom. The van der Waals surface area contributed by atoms with E-state index >= 15 is 0 Å². The van der Waals surface area contributed by atoms with Crippen LogP contribution in [0.2, 0.25) is 0 Å². The summed E-state index contributed by atoms with van der Waals surface area (Å²) in [7, 11) is 0. The molecule has 51 heavy (non-hydrogen) atoms. The summed E-state index contributed by atoms with van der Waals surface area (Å²) in [5, 5.41) is 5.57. The van der Waals surface area contributed by atoms with E-state index in [4.69, 9.17) is 0 Å². The van der Waals surface area contributed by atoms with Crippen LogP contribution in [0.5, 0.6) is 0 Å². The van der Waals surface area contributed by atoms with Gasteiger partial charge in [-0.25, -0.2) is 5.57 Å². The van der Waals surface area contributed by atoms with Gasteiger partial charge in [-0.2, -0.15) is 11.6 Å². The zero-order valence-corrected chi connectivity index (χ0v) is 34.8. The van der Waals surface area contributed by atoms with Crippen LogP contribution < -0.4 is 0 Å². The minimum absolute atomic E-state index is 0.139. The molecule has 0 heterocycles. The van der Waals surface area contributed by atoms with Crippen molar-refractivity contribution in [2.75, 3.05) is 0 Å². The number of hydrogen-bond acceptors (Lipinski definition) is 0. The fraction of sp³-hybridized carbons (Fsp3) is 0.440. The molecule has 1 unspecified atom stereocenters. The van der Waals surface area contributed by atoms with Gasteiger partial charge in [0.15, 0.2) is 0 Å². The van der Waals surface area contributed by atoms with Gasteiger partial charge in [0, 0.05) is 10.8 Å². The van der Waals surface area contributed by atoms with Gasteiger partial charge < -0.3 is 0 Å². The van der Waals surface area contributed by atoms with Gasteiger partial charge in [-0.1, -0.05) is 89.3 Å². The molecule has 4 bridgehead atoms. The Bertz CT molecular complexity index is 2030. The minimum atomic E-state index is 0.139. The molecule has 1 atom stereocenters. The van der Waals surface area contributed by atoms with Gasteiger partial charge in [0.1, 0.15) is 0 Å². The Kier molecular flexibility index (Phi) is 8.98. The second-order valence-electron chi connectivity index (χ2n) is 18.6. The van der Waals surface area contributed by atoms with Crippen LogP contribution >= 0.6 is 0 Å². The molecule has 0 aromatic heterocycles. The number of fused-ring (bicyclic) bond motifs is 5. The van der Waals surface area contributed by atoms with Crippen molar-refractivity contribution in [3.8, 4) is 0 Å². The van der Waals surface area contributed by atoms with Crippen molar-refractivity contribution in [1.82, 2.24) is 0 Å².